The van der Waals surface area contributed by atoms with Crippen LogP contribution in [0.15, 0.2) is 55.4 Å². The lowest BCUT2D eigenvalue weighted by Gasteiger charge is -2.49. The van der Waals surface area contributed by atoms with Crippen LogP contribution in [0, 0.1) is 0 Å². The highest BCUT2D eigenvalue weighted by Gasteiger charge is 2.57. The second-order valence-corrected chi connectivity index (χ2v) is 6.50. The molecule has 0 spiro atoms. The van der Waals surface area contributed by atoms with Crippen LogP contribution in [-0.2, 0) is 17.5 Å². The molecular formula is C19H20N2. The lowest BCUT2D eigenvalue weighted by molar-refractivity contribution is 0.0396. The zero-order valence-corrected chi connectivity index (χ0v) is 12.6. The summed E-state index contributed by atoms with van der Waals surface area (Å²) in [4.78, 5) is 6.98. The first kappa shape index (κ1) is 12.8. The molecule has 2 heteroatoms. The van der Waals surface area contributed by atoms with Crippen molar-refractivity contribution in [1.29, 1.82) is 0 Å². The predicted molar refractivity (Wildman–Crippen MR) is 85.1 cm³/mol. The molecule has 2 bridgehead atoms. The summed E-state index contributed by atoms with van der Waals surface area (Å²) in [7, 11) is 0. The number of benzene rings is 1. The number of hydrogen-bond donors (Lipinski definition) is 0. The van der Waals surface area contributed by atoms with Crippen LogP contribution in [0.3, 0.4) is 0 Å². The summed E-state index contributed by atoms with van der Waals surface area (Å²) in [6.45, 7) is 9.56. The monoisotopic (exact) mass is 276 g/mol. The molecule has 2 unspecified atom stereocenters. The number of hydrogen-bond acceptors (Lipinski definition) is 2. The molecular weight excluding hydrogens is 256 g/mol. The van der Waals surface area contributed by atoms with E-state index in [4.69, 9.17) is 0 Å². The maximum atomic E-state index is 4.40. The van der Waals surface area contributed by atoms with Crippen LogP contribution >= 0.6 is 0 Å². The predicted octanol–water partition coefficient (Wildman–Crippen LogP) is 3.62. The van der Waals surface area contributed by atoms with Crippen LogP contribution in [0.25, 0.3) is 0 Å². The molecule has 1 aromatic carbocycles. The fourth-order valence-corrected chi connectivity index (χ4v) is 4.54. The molecule has 3 heterocycles. The largest absolute Gasteiger partial charge is 0.276 e. The van der Waals surface area contributed by atoms with Gasteiger partial charge >= 0.3 is 0 Å². The van der Waals surface area contributed by atoms with Crippen molar-refractivity contribution in [2.75, 3.05) is 6.54 Å². The van der Waals surface area contributed by atoms with Gasteiger partial charge < -0.3 is 0 Å². The van der Waals surface area contributed by atoms with E-state index in [0.717, 1.165) is 13.0 Å². The molecule has 0 N–H and O–H groups in total. The van der Waals surface area contributed by atoms with E-state index >= 15 is 0 Å². The Morgan fingerprint density at radius 1 is 1.19 bits per heavy atom. The molecule has 0 amide bonds. The summed E-state index contributed by atoms with van der Waals surface area (Å²) in [5.74, 6) is 0. The van der Waals surface area contributed by atoms with Crippen LogP contribution in [0.5, 0.6) is 0 Å². The minimum atomic E-state index is -0.110. The number of pyridine rings is 1. The lowest BCUT2D eigenvalue weighted by atomic mass is 9.79. The van der Waals surface area contributed by atoms with Gasteiger partial charge in [0, 0.05) is 24.5 Å². The zero-order valence-electron chi connectivity index (χ0n) is 12.6. The smallest absolute Gasteiger partial charge is 0.0717 e. The molecule has 2 aliphatic rings. The van der Waals surface area contributed by atoms with Gasteiger partial charge in [0.2, 0.25) is 0 Å². The third-order valence-electron chi connectivity index (χ3n) is 5.45. The molecule has 106 valence electrons. The standard InChI is InChI=1S/C19H20N2/c1-4-11-21-18(2)12-14-9-10-20-13-17(14)19(21,3)16-8-6-5-7-15(16)18/h4-10,13H,1,11-12H2,2-3H3. The van der Waals surface area contributed by atoms with Crippen molar-refractivity contribution < 1.29 is 0 Å². The molecule has 2 aliphatic heterocycles. The van der Waals surface area contributed by atoms with Crippen molar-refractivity contribution >= 4 is 0 Å². The van der Waals surface area contributed by atoms with E-state index in [0.29, 0.717) is 0 Å². The van der Waals surface area contributed by atoms with E-state index in [-0.39, 0.29) is 11.1 Å². The third kappa shape index (κ3) is 1.38. The van der Waals surface area contributed by atoms with E-state index in [1.54, 1.807) is 0 Å². The van der Waals surface area contributed by atoms with E-state index < -0.39 is 0 Å². The molecule has 0 fully saturated rings. The van der Waals surface area contributed by atoms with Crippen molar-refractivity contribution in [2.45, 2.75) is 31.3 Å². The van der Waals surface area contributed by atoms with Crippen molar-refractivity contribution in [3.8, 4) is 0 Å². The summed E-state index contributed by atoms with van der Waals surface area (Å²) >= 11 is 0. The van der Waals surface area contributed by atoms with Gasteiger partial charge in [0.25, 0.3) is 0 Å². The number of aromatic nitrogens is 1. The first-order chi connectivity index (χ1) is 10.1. The van der Waals surface area contributed by atoms with E-state index in [1.807, 2.05) is 18.5 Å². The number of fused-ring (bicyclic) bond motifs is 7. The van der Waals surface area contributed by atoms with E-state index in [1.165, 1.54) is 22.3 Å². The first-order valence-electron chi connectivity index (χ1n) is 7.54. The van der Waals surface area contributed by atoms with Crippen LogP contribution < -0.4 is 0 Å². The Bertz CT molecular complexity index is 736. The van der Waals surface area contributed by atoms with Gasteiger partial charge in [0.05, 0.1) is 5.54 Å². The molecule has 2 nitrogen and oxygen atoms in total. The molecule has 1 aromatic heterocycles. The number of rotatable bonds is 2. The van der Waals surface area contributed by atoms with Crippen LogP contribution in [-0.4, -0.2) is 16.4 Å². The summed E-state index contributed by atoms with van der Waals surface area (Å²) in [6, 6.07) is 11.1. The first-order valence-corrected chi connectivity index (χ1v) is 7.54. The van der Waals surface area contributed by atoms with Crippen molar-refractivity contribution in [1.82, 2.24) is 9.88 Å². The van der Waals surface area contributed by atoms with Gasteiger partial charge in [-0.15, -0.1) is 6.58 Å². The van der Waals surface area contributed by atoms with Gasteiger partial charge in [-0.1, -0.05) is 30.3 Å². The Hall–Kier alpha value is -1.93. The van der Waals surface area contributed by atoms with Crippen molar-refractivity contribution in [3.63, 3.8) is 0 Å². The highest BCUT2D eigenvalue weighted by molar-refractivity contribution is 5.56. The molecule has 0 saturated carbocycles. The summed E-state index contributed by atoms with van der Waals surface area (Å²) in [5, 5.41) is 0. The minimum Gasteiger partial charge on any atom is -0.276 e. The van der Waals surface area contributed by atoms with E-state index in [2.05, 4.69) is 60.6 Å². The summed E-state index contributed by atoms with van der Waals surface area (Å²) in [5.41, 5.74) is 5.56. The second kappa shape index (κ2) is 4.05. The van der Waals surface area contributed by atoms with Crippen LogP contribution in [0.2, 0.25) is 0 Å². The van der Waals surface area contributed by atoms with Crippen LogP contribution in [0.1, 0.15) is 36.1 Å². The average molecular weight is 276 g/mol. The van der Waals surface area contributed by atoms with Crippen molar-refractivity contribution in [2.24, 2.45) is 0 Å². The van der Waals surface area contributed by atoms with Crippen molar-refractivity contribution in [3.05, 3.63) is 77.6 Å². The molecule has 4 rings (SSSR count). The molecule has 21 heavy (non-hydrogen) atoms. The Morgan fingerprint density at radius 3 is 2.71 bits per heavy atom. The fraction of sp³-hybridized carbons (Fsp3) is 0.316. The Morgan fingerprint density at radius 2 is 1.95 bits per heavy atom. The number of nitrogens with zero attached hydrogens (tertiary/aromatic N) is 2. The lowest BCUT2D eigenvalue weighted by Crippen LogP contribution is -2.53. The van der Waals surface area contributed by atoms with Gasteiger partial charge in [-0.3, -0.25) is 9.88 Å². The molecule has 0 saturated heterocycles. The van der Waals surface area contributed by atoms with E-state index in [9.17, 15) is 0 Å². The highest BCUT2D eigenvalue weighted by atomic mass is 15.3. The van der Waals surface area contributed by atoms with Gasteiger partial charge in [-0.05, 0) is 48.6 Å². The quantitative estimate of drug-likeness (QED) is 0.779. The highest BCUT2D eigenvalue weighted by Crippen LogP contribution is 2.57. The zero-order chi connectivity index (χ0) is 14.7. The minimum absolute atomic E-state index is 0.0356. The Kier molecular flexibility index (Phi) is 2.46. The molecule has 0 aliphatic carbocycles. The molecule has 2 aromatic rings. The normalized spacial score (nSPS) is 29.8. The fourth-order valence-electron chi connectivity index (χ4n) is 4.54. The Balaban J connectivity index is 2.08. The maximum absolute atomic E-state index is 4.40. The molecule has 0 radical (unpaired) electrons. The SMILES string of the molecule is C=CCN1C2(C)Cc3ccncc3C1(C)c1ccccc12. The second-order valence-electron chi connectivity index (χ2n) is 6.50. The Labute approximate surface area is 126 Å². The topological polar surface area (TPSA) is 16.1 Å². The summed E-state index contributed by atoms with van der Waals surface area (Å²) < 4.78 is 0. The van der Waals surface area contributed by atoms with Gasteiger partial charge in [-0.2, -0.15) is 0 Å². The maximum Gasteiger partial charge on any atom is 0.0717 e. The van der Waals surface area contributed by atoms with Gasteiger partial charge in [0.1, 0.15) is 0 Å². The van der Waals surface area contributed by atoms with Gasteiger partial charge in [0.15, 0.2) is 0 Å². The third-order valence-corrected chi connectivity index (χ3v) is 5.45. The van der Waals surface area contributed by atoms with Crippen LogP contribution in [0.4, 0.5) is 0 Å². The molecule has 2 atom stereocenters. The average Bonchev–Trinajstić information content (AvgIpc) is 2.63. The van der Waals surface area contributed by atoms with Gasteiger partial charge in [-0.25, -0.2) is 0 Å². The summed E-state index contributed by atoms with van der Waals surface area (Å²) in [6.07, 6.45) is 7.01.